The minimum absolute atomic E-state index is 0.106. The first-order valence-corrected chi connectivity index (χ1v) is 7.18. The Bertz CT molecular complexity index is 644. The van der Waals surface area contributed by atoms with Gasteiger partial charge in [-0.05, 0) is 18.6 Å². The maximum atomic E-state index is 11.9. The van der Waals surface area contributed by atoms with Crippen molar-refractivity contribution >= 4 is 17.3 Å². The van der Waals surface area contributed by atoms with Gasteiger partial charge in [-0.25, -0.2) is 4.98 Å². The van der Waals surface area contributed by atoms with Crippen molar-refractivity contribution in [1.29, 1.82) is 0 Å². The smallest absolute Gasteiger partial charge is 0.264 e. The Kier molecular flexibility index (Phi) is 3.85. The van der Waals surface area contributed by atoms with Crippen LogP contribution in [0.25, 0.3) is 5.65 Å². The van der Waals surface area contributed by atoms with E-state index in [-0.39, 0.29) is 5.91 Å². The van der Waals surface area contributed by atoms with Crippen molar-refractivity contribution in [3.05, 3.63) is 36.3 Å². The van der Waals surface area contributed by atoms with Crippen LogP contribution in [-0.2, 0) is 16.1 Å². The third-order valence-corrected chi connectivity index (χ3v) is 3.52. The summed E-state index contributed by atoms with van der Waals surface area (Å²) >= 11 is 0. The lowest BCUT2D eigenvalue weighted by atomic mass is 10.1. The lowest BCUT2D eigenvalue weighted by Crippen LogP contribution is -2.35. The third-order valence-electron chi connectivity index (χ3n) is 3.52. The number of hydrogen-bond acceptors (Lipinski definition) is 4. The maximum Gasteiger partial charge on any atom is 0.264 e. The molecule has 1 atom stereocenters. The number of carbonyl (C=O) groups is 1. The van der Waals surface area contributed by atoms with Crippen molar-refractivity contribution in [3.63, 3.8) is 0 Å². The molecule has 0 unspecified atom stereocenters. The van der Waals surface area contributed by atoms with Gasteiger partial charge >= 0.3 is 0 Å². The van der Waals surface area contributed by atoms with Gasteiger partial charge in [0.2, 0.25) is 6.10 Å². The number of rotatable bonds is 5. The molecule has 0 spiro atoms. The first kappa shape index (κ1) is 13.6. The number of nitrogens with zero attached hydrogens (tertiary/aromatic N) is 3. The van der Waals surface area contributed by atoms with Crippen LogP contribution < -0.4 is 5.32 Å². The minimum atomic E-state index is -0.471. The summed E-state index contributed by atoms with van der Waals surface area (Å²) in [6.45, 7) is 2.55. The summed E-state index contributed by atoms with van der Waals surface area (Å²) in [5.74, 6) is -0.106. The van der Waals surface area contributed by atoms with E-state index in [2.05, 4.69) is 15.5 Å². The molecule has 2 aromatic heterocycles. The number of fused-ring (bicyclic) bond motifs is 1. The van der Waals surface area contributed by atoms with Gasteiger partial charge in [-0.2, -0.15) is 0 Å². The van der Waals surface area contributed by atoms with Crippen LogP contribution in [0.5, 0.6) is 0 Å². The highest BCUT2D eigenvalue weighted by Crippen LogP contribution is 2.12. The first-order chi connectivity index (χ1) is 10.3. The van der Waals surface area contributed by atoms with Gasteiger partial charge in [-0.15, -0.1) is 0 Å². The largest absolute Gasteiger partial charge is 0.382 e. The van der Waals surface area contributed by atoms with Crippen molar-refractivity contribution < 1.29 is 9.63 Å². The summed E-state index contributed by atoms with van der Waals surface area (Å²) in [5, 5.41) is 6.77. The monoisotopic (exact) mass is 286 g/mol. The molecule has 0 bridgehead atoms. The van der Waals surface area contributed by atoms with E-state index >= 15 is 0 Å². The Hall–Kier alpha value is -2.37. The molecule has 3 heterocycles. The summed E-state index contributed by atoms with van der Waals surface area (Å²) < 4.78 is 1.97. The normalized spacial score (nSPS) is 17.6. The van der Waals surface area contributed by atoms with Crippen molar-refractivity contribution in [1.82, 2.24) is 14.7 Å². The number of imidazole rings is 1. The molecule has 6 heteroatoms. The zero-order valence-corrected chi connectivity index (χ0v) is 12.0. The number of oxime groups is 1. The molecular formula is C15H18N4O2. The second-order valence-corrected chi connectivity index (χ2v) is 5.05. The van der Waals surface area contributed by atoms with Gasteiger partial charge in [-0.3, -0.25) is 4.79 Å². The summed E-state index contributed by atoms with van der Waals surface area (Å²) in [7, 11) is 0. The Morgan fingerprint density at radius 2 is 2.43 bits per heavy atom. The number of hydrogen-bond donors (Lipinski definition) is 1. The van der Waals surface area contributed by atoms with Crippen LogP contribution in [0.3, 0.4) is 0 Å². The highest BCUT2D eigenvalue weighted by Gasteiger charge is 2.26. The average molecular weight is 286 g/mol. The number of carbonyl (C=O) groups excluding carboxylic acids is 1. The molecule has 0 saturated heterocycles. The molecule has 1 N–H and O–H groups in total. The van der Waals surface area contributed by atoms with Gasteiger partial charge in [0.15, 0.2) is 0 Å². The van der Waals surface area contributed by atoms with E-state index in [4.69, 9.17) is 4.84 Å². The SMILES string of the molecule is CCC1=NO[C@H](C(=O)NCCc2cn3ccccc3n2)C1. The third kappa shape index (κ3) is 3.04. The van der Waals surface area contributed by atoms with Gasteiger partial charge in [0, 0.05) is 31.8 Å². The van der Waals surface area contributed by atoms with E-state index in [9.17, 15) is 4.79 Å². The fourth-order valence-corrected chi connectivity index (χ4v) is 2.31. The van der Waals surface area contributed by atoms with Crippen LogP contribution in [0.2, 0.25) is 0 Å². The first-order valence-electron chi connectivity index (χ1n) is 7.18. The standard InChI is InChI=1S/C15H18N4O2/c1-2-11-9-13(21-18-11)15(20)16-7-6-12-10-19-8-4-3-5-14(19)17-12/h3-5,8,10,13H,2,6-7,9H2,1H3,(H,16,20)/t13-/m0/s1. The van der Waals surface area contributed by atoms with E-state index in [0.29, 0.717) is 19.4 Å². The molecule has 0 saturated carbocycles. The molecule has 21 heavy (non-hydrogen) atoms. The van der Waals surface area contributed by atoms with Gasteiger partial charge in [-0.1, -0.05) is 18.1 Å². The quantitative estimate of drug-likeness (QED) is 0.906. The fraction of sp³-hybridized carbons (Fsp3) is 0.400. The maximum absolute atomic E-state index is 11.9. The van der Waals surface area contributed by atoms with Crippen LogP contribution in [0.1, 0.15) is 25.5 Å². The summed E-state index contributed by atoms with van der Waals surface area (Å²) in [4.78, 5) is 21.5. The van der Waals surface area contributed by atoms with Crippen LogP contribution in [-0.4, -0.2) is 33.7 Å². The van der Waals surface area contributed by atoms with Gasteiger partial charge in [0.05, 0.1) is 11.4 Å². The molecule has 3 rings (SSSR count). The molecule has 0 aromatic carbocycles. The second kappa shape index (κ2) is 5.95. The molecule has 6 nitrogen and oxygen atoms in total. The highest BCUT2D eigenvalue weighted by molar-refractivity contribution is 5.92. The molecule has 0 aliphatic carbocycles. The zero-order valence-electron chi connectivity index (χ0n) is 12.0. The van der Waals surface area contributed by atoms with Crippen LogP contribution in [0, 0.1) is 0 Å². The summed E-state index contributed by atoms with van der Waals surface area (Å²) in [6.07, 6.45) is 5.58. The number of pyridine rings is 1. The van der Waals surface area contributed by atoms with Crippen LogP contribution in [0.15, 0.2) is 35.7 Å². The van der Waals surface area contributed by atoms with Crippen LogP contribution in [0.4, 0.5) is 0 Å². The molecule has 1 amide bonds. The van der Waals surface area contributed by atoms with E-state index in [1.807, 2.05) is 41.9 Å². The zero-order chi connectivity index (χ0) is 14.7. The van der Waals surface area contributed by atoms with Crippen molar-refractivity contribution in [2.75, 3.05) is 6.54 Å². The van der Waals surface area contributed by atoms with Gasteiger partial charge in [0.25, 0.3) is 5.91 Å². The molecule has 0 radical (unpaired) electrons. The minimum Gasteiger partial charge on any atom is -0.382 e. The molecule has 2 aromatic rings. The van der Waals surface area contributed by atoms with Crippen molar-refractivity contribution in [2.24, 2.45) is 5.16 Å². The molecular weight excluding hydrogens is 268 g/mol. The van der Waals surface area contributed by atoms with E-state index < -0.39 is 6.10 Å². The van der Waals surface area contributed by atoms with E-state index in [1.165, 1.54) is 0 Å². The van der Waals surface area contributed by atoms with Crippen molar-refractivity contribution in [3.8, 4) is 0 Å². The van der Waals surface area contributed by atoms with E-state index in [0.717, 1.165) is 23.5 Å². The lowest BCUT2D eigenvalue weighted by Gasteiger charge is -2.08. The predicted molar refractivity (Wildman–Crippen MR) is 79.1 cm³/mol. The number of aromatic nitrogens is 2. The van der Waals surface area contributed by atoms with E-state index in [1.54, 1.807) is 0 Å². The number of nitrogens with one attached hydrogen (secondary N) is 1. The second-order valence-electron chi connectivity index (χ2n) is 5.05. The summed E-state index contributed by atoms with van der Waals surface area (Å²) in [5.41, 5.74) is 2.81. The number of amides is 1. The Balaban J connectivity index is 1.49. The van der Waals surface area contributed by atoms with Gasteiger partial charge < -0.3 is 14.6 Å². The Labute approximate surface area is 122 Å². The molecule has 1 aliphatic rings. The summed E-state index contributed by atoms with van der Waals surface area (Å²) in [6, 6.07) is 5.87. The Morgan fingerprint density at radius 1 is 1.52 bits per heavy atom. The van der Waals surface area contributed by atoms with Crippen LogP contribution >= 0.6 is 0 Å². The molecule has 1 aliphatic heterocycles. The van der Waals surface area contributed by atoms with Gasteiger partial charge in [0.1, 0.15) is 5.65 Å². The topological polar surface area (TPSA) is 68.0 Å². The average Bonchev–Trinajstić information content (AvgIpc) is 3.13. The Morgan fingerprint density at radius 3 is 3.19 bits per heavy atom. The fourth-order valence-electron chi connectivity index (χ4n) is 2.31. The highest BCUT2D eigenvalue weighted by atomic mass is 16.6. The van der Waals surface area contributed by atoms with Crippen molar-refractivity contribution in [2.45, 2.75) is 32.3 Å². The molecule has 0 fully saturated rings. The molecule has 110 valence electrons. The lowest BCUT2D eigenvalue weighted by molar-refractivity contribution is -0.131. The predicted octanol–water partition coefficient (Wildman–Crippen LogP) is 1.55.